The summed E-state index contributed by atoms with van der Waals surface area (Å²) in [7, 11) is 0. The minimum absolute atomic E-state index is 0.520. The maximum Gasteiger partial charge on any atom is 0.00722 e. The topological polar surface area (TPSA) is 12.0 Å². The number of hydrogen-bond acceptors (Lipinski definition) is 1. The van der Waals surface area contributed by atoms with Crippen LogP contribution in [0.1, 0.15) is 86.0 Å². The van der Waals surface area contributed by atoms with Crippen molar-refractivity contribution in [2.24, 2.45) is 22.7 Å². The van der Waals surface area contributed by atoms with Crippen LogP contribution in [-0.2, 0) is 0 Å². The number of rotatable bonds is 3. The zero-order valence-corrected chi connectivity index (χ0v) is 14.6. The second-order valence-electron chi connectivity index (χ2n) is 9.45. The Labute approximate surface area is 127 Å². The largest absolute Gasteiger partial charge is 0.314 e. The highest BCUT2D eigenvalue weighted by Gasteiger charge is 2.31. The molecule has 0 aromatic heterocycles. The second-order valence-corrected chi connectivity index (χ2v) is 9.45. The summed E-state index contributed by atoms with van der Waals surface area (Å²) in [5.74, 6) is 1.89. The summed E-state index contributed by atoms with van der Waals surface area (Å²) < 4.78 is 0. The van der Waals surface area contributed by atoms with Crippen LogP contribution in [0.25, 0.3) is 0 Å². The van der Waals surface area contributed by atoms with E-state index in [0.29, 0.717) is 10.8 Å². The summed E-state index contributed by atoms with van der Waals surface area (Å²) in [5, 5.41) is 3.90. The molecule has 0 amide bonds. The lowest BCUT2D eigenvalue weighted by molar-refractivity contribution is 0.141. The molecule has 2 fully saturated rings. The van der Waals surface area contributed by atoms with E-state index in [1.165, 1.54) is 57.9 Å². The summed E-state index contributed by atoms with van der Waals surface area (Å²) in [4.78, 5) is 0. The fourth-order valence-corrected chi connectivity index (χ4v) is 4.44. The Morgan fingerprint density at radius 3 is 2.20 bits per heavy atom. The molecule has 1 unspecified atom stereocenters. The highest BCUT2D eigenvalue weighted by molar-refractivity contribution is 4.85. The van der Waals surface area contributed by atoms with Gasteiger partial charge in [0.2, 0.25) is 0 Å². The molecule has 0 aromatic rings. The molecule has 20 heavy (non-hydrogen) atoms. The Bertz CT molecular complexity index is 291. The van der Waals surface area contributed by atoms with Crippen molar-refractivity contribution >= 4 is 0 Å². The average molecular weight is 280 g/mol. The van der Waals surface area contributed by atoms with Gasteiger partial charge in [0.15, 0.2) is 0 Å². The Hall–Kier alpha value is -0.0400. The Kier molecular flexibility index (Phi) is 5.21. The van der Waals surface area contributed by atoms with Crippen molar-refractivity contribution in [1.29, 1.82) is 0 Å². The molecule has 2 aliphatic carbocycles. The molecule has 0 saturated heterocycles. The molecule has 118 valence electrons. The second kappa shape index (κ2) is 6.38. The van der Waals surface area contributed by atoms with Crippen molar-refractivity contribution in [3.63, 3.8) is 0 Å². The molecule has 2 saturated carbocycles. The summed E-state index contributed by atoms with van der Waals surface area (Å²) in [5.41, 5.74) is 1.09. The van der Waals surface area contributed by atoms with Crippen LogP contribution in [0.3, 0.4) is 0 Å². The van der Waals surface area contributed by atoms with Crippen LogP contribution in [0.2, 0.25) is 0 Å². The molecule has 1 atom stereocenters. The third-order valence-corrected chi connectivity index (χ3v) is 5.97. The van der Waals surface area contributed by atoms with E-state index < -0.39 is 0 Å². The van der Waals surface area contributed by atoms with Gasteiger partial charge >= 0.3 is 0 Å². The molecular weight excluding hydrogens is 242 g/mol. The molecule has 2 aliphatic rings. The smallest absolute Gasteiger partial charge is 0.00722 e. The van der Waals surface area contributed by atoms with Gasteiger partial charge in [0, 0.05) is 6.04 Å². The average Bonchev–Trinajstić information content (AvgIpc) is 2.35. The van der Waals surface area contributed by atoms with Gasteiger partial charge in [-0.3, -0.25) is 0 Å². The first-order valence-corrected chi connectivity index (χ1v) is 9.00. The summed E-state index contributed by atoms with van der Waals surface area (Å²) in [6, 6.07) is 0.791. The van der Waals surface area contributed by atoms with E-state index in [4.69, 9.17) is 0 Å². The first-order valence-electron chi connectivity index (χ1n) is 9.00. The summed E-state index contributed by atoms with van der Waals surface area (Å²) in [6.07, 6.45) is 11.4. The fourth-order valence-electron chi connectivity index (χ4n) is 4.44. The van der Waals surface area contributed by atoms with Gasteiger partial charge < -0.3 is 5.32 Å². The van der Waals surface area contributed by atoms with Crippen LogP contribution in [-0.4, -0.2) is 12.6 Å². The van der Waals surface area contributed by atoms with Crippen LogP contribution in [0, 0.1) is 22.7 Å². The van der Waals surface area contributed by atoms with E-state index in [1.807, 2.05) is 0 Å². The maximum atomic E-state index is 3.90. The van der Waals surface area contributed by atoms with E-state index >= 15 is 0 Å². The van der Waals surface area contributed by atoms with Gasteiger partial charge in [0.1, 0.15) is 0 Å². The molecule has 2 rings (SSSR count). The predicted molar refractivity (Wildman–Crippen MR) is 88.9 cm³/mol. The fraction of sp³-hybridized carbons (Fsp3) is 1.00. The van der Waals surface area contributed by atoms with Crippen LogP contribution in [0.5, 0.6) is 0 Å². The van der Waals surface area contributed by atoms with Gasteiger partial charge in [0.05, 0.1) is 0 Å². The molecule has 1 heteroatoms. The molecule has 0 aliphatic heterocycles. The van der Waals surface area contributed by atoms with Gasteiger partial charge in [-0.05, 0) is 74.2 Å². The standard InChI is InChI=1S/C19H37N/c1-18(2,3)16-10-8-15(9-11-16)14-20-17-7-6-12-19(4,5)13-17/h15-17,20H,6-14H2,1-5H3. The molecular formula is C19H37N. The molecule has 0 bridgehead atoms. The van der Waals surface area contributed by atoms with Gasteiger partial charge in [0.25, 0.3) is 0 Å². The van der Waals surface area contributed by atoms with E-state index in [2.05, 4.69) is 39.9 Å². The van der Waals surface area contributed by atoms with E-state index in [-0.39, 0.29) is 0 Å². The van der Waals surface area contributed by atoms with Gasteiger partial charge in [-0.15, -0.1) is 0 Å². The van der Waals surface area contributed by atoms with E-state index in [9.17, 15) is 0 Å². The van der Waals surface area contributed by atoms with Gasteiger partial charge in [-0.1, -0.05) is 41.0 Å². The lowest BCUT2D eigenvalue weighted by Crippen LogP contribution is -2.40. The third-order valence-electron chi connectivity index (χ3n) is 5.97. The third kappa shape index (κ3) is 4.76. The molecule has 0 spiro atoms. The highest BCUT2D eigenvalue weighted by Crippen LogP contribution is 2.40. The SMILES string of the molecule is CC1(C)CCCC(NCC2CCC(C(C)(C)C)CC2)C1. The molecule has 0 radical (unpaired) electrons. The Balaban J connectivity index is 1.69. The molecule has 0 heterocycles. The molecule has 0 aromatic carbocycles. The summed E-state index contributed by atoms with van der Waals surface area (Å²) >= 11 is 0. The van der Waals surface area contributed by atoms with Crippen molar-refractivity contribution < 1.29 is 0 Å². The monoisotopic (exact) mass is 279 g/mol. The van der Waals surface area contributed by atoms with Crippen molar-refractivity contribution in [3.05, 3.63) is 0 Å². The summed E-state index contributed by atoms with van der Waals surface area (Å²) in [6.45, 7) is 13.4. The lowest BCUT2D eigenvalue weighted by Gasteiger charge is -2.39. The predicted octanol–water partition coefficient (Wildman–Crippen LogP) is 5.40. The Morgan fingerprint density at radius 2 is 1.65 bits per heavy atom. The van der Waals surface area contributed by atoms with Gasteiger partial charge in [-0.25, -0.2) is 0 Å². The maximum absolute atomic E-state index is 3.90. The quantitative estimate of drug-likeness (QED) is 0.729. The first kappa shape index (κ1) is 16.3. The van der Waals surface area contributed by atoms with Gasteiger partial charge in [-0.2, -0.15) is 0 Å². The van der Waals surface area contributed by atoms with E-state index in [1.54, 1.807) is 0 Å². The minimum atomic E-state index is 0.520. The zero-order chi connectivity index (χ0) is 14.8. The number of nitrogens with one attached hydrogen (secondary N) is 1. The van der Waals surface area contributed by atoms with Crippen LogP contribution in [0.4, 0.5) is 0 Å². The van der Waals surface area contributed by atoms with Crippen LogP contribution < -0.4 is 5.32 Å². The van der Waals surface area contributed by atoms with Crippen molar-refractivity contribution in [1.82, 2.24) is 5.32 Å². The molecule has 1 nitrogen and oxygen atoms in total. The van der Waals surface area contributed by atoms with Crippen LogP contribution in [0.15, 0.2) is 0 Å². The highest BCUT2D eigenvalue weighted by atomic mass is 14.9. The Morgan fingerprint density at radius 1 is 1.00 bits per heavy atom. The van der Waals surface area contributed by atoms with Crippen LogP contribution >= 0.6 is 0 Å². The number of hydrogen-bond donors (Lipinski definition) is 1. The van der Waals surface area contributed by atoms with Crippen molar-refractivity contribution in [3.8, 4) is 0 Å². The minimum Gasteiger partial charge on any atom is -0.314 e. The first-order chi connectivity index (χ1) is 9.26. The zero-order valence-electron chi connectivity index (χ0n) is 14.6. The molecule has 1 N–H and O–H groups in total. The van der Waals surface area contributed by atoms with E-state index in [0.717, 1.165) is 17.9 Å². The van der Waals surface area contributed by atoms with Crippen molar-refractivity contribution in [2.45, 2.75) is 92.0 Å². The normalized spacial score (nSPS) is 35.0. The van der Waals surface area contributed by atoms with Crippen molar-refractivity contribution in [2.75, 3.05) is 6.54 Å². The lowest BCUT2D eigenvalue weighted by atomic mass is 9.69.